The quantitative estimate of drug-likeness (QED) is 0.459. The highest BCUT2D eigenvalue weighted by atomic mass is 32.2. The maximum absolute atomic E-state index is 12.7. The van der Waals surface area contributed by atoms with Gasteiger partial charge >= 0.3 is 0 Å². The molecule has 3 rings (SSSR count). The lowest BCUT2D eigenvalue weighted by molar-refractivity contribution is -0.116. The summed E-state index contributed by atoms with van der Waals surface area (Å²) in [5, 5.41) is 3.14. The van der Waals surface area contributed by atoms with Gasteiger partial charge in [-0.25, -0.2) is 4.98 Å². The Bertz CT molecular complexity index is 910. The van der Waals surface area contributed by atoms with Gasteiger partial charge in [-0.2, -0.15) is 0 Å². The Morgan fingerprint density at radius 3 is 2.85 bits per heavy atom. The first-order valence-electron chi connectivity index (χ1n) is 7.97. The van der Waals surface area contributed by atoms with E-state index in [-0.39, 0.29) is 23.7 Å². The molecule has 0 radical (unpaired) electrons. The van der Waals surface area contributed by atoms with E-state index >= 15 is 0 Å². The molecule has 0 aliphatic carbocycles. The Balaban J connectivity index is 2.13. The second kappa shape index (κ2) is 7.65. The highest BCUT2D eigenvalue weighted by molar-refractivity contribution is 7.99. The van der Waals surface area contributed by atoms with Crippen LogP contribution < -0.4 is 20.3 Å². The van der Waals surface area contributed by atoms with Gasteiger partial charge in [0.25, 0.3) is 5.56 Å². The van der Waals surface area contributed by atoms with Gasteiger partial charge < -0.3 is 19.8 Å². The average Bonchev–Trinajstić information content (AvgIpc) is 2.64. The van der Waals surface area contributed by atoms with E-state index in [1.807, 2.05) is 0 Å². The molecular formula is C18H19N3O4S. The monoisotopic (exact) mass is 373 g/mol. The third-order valence-electron chi connectivity index (χ3n) is 4.08. The van der Waals surface area contributed by atoms with Gasteiger partial charge in [-0.3, -0.25) is 9.59 Å². The third-order valence-corrected chi connectivity index (χ3v) is 4.95. The van der Waals surface area contributed by atoms with Crippen LogP contribution in [0.2, 0.25) is 0 Å². The van der Waals surface area contributed by atoms with Crippen LogP contribution in [0.4, 0.5) is 5.82 Å². The van der Waals surface area contributed by atoms with Gasteiger partial charge in [0.1, 0.15) is 17.3 Å². The fraction of sp³-hybridized carbons (Fsp3) is 0.278. The van der Waals surface area contributed by atoms with Gasteiger partial charge in [0.15, 0.2) is 5.16 Å². The molecular weight excluding hydrogens is 354 g/mol. The lowest BCUT2D eigenvalue weighted by Gasteiger charge is -2.26. The summed E-state index contributed by atoms with van der Waals surface area (Å²) in [5.74, 6) is 1.41. The van der Waals surface area contributed by atoms with Crippen LogP contribution in [-0.4, -0.2) is 35.8 Å². The van der Waals surface area contributed by atoms with E-state index in [1.165, 1.54) is 11.8 Å². The molecule has 1 aromatic carbocycles. The summed E-state index contributed by atoms with van der Waals surface area (Å²) < 4.78 is 10.7. The number of hydrogen-bond donors (Lipinski definition) is 2. The van der Waals surface area contributed by atoms with Crippen molar-refractivity contribution in [3.8, 4) is 11.5 Å². The van der Waals surface area contributed by atoms with Gasteiger partial charge in [-0.15, -0.1) is 6.58 Å². The fourth-order valence-corrected chi connectivity index (χ4v) is 3.53. The second-order valence-corrected chi connectivity index (χ2v) is 6.65. The Hall–Kier alpha value is -2.74. The SMILES string of the molecule is C=CCSc1nc2c(c(=O)[nH]1)[C@@H](c1cc(OC)ccc1OC)CC(=O)N2. The number of fused-ring (bicyclic) bond motifs is 1. The highest BCUT2D eigenvalue weighted by Crippen LogP contribution is 2.40. The molecule has 0 saturated heterocycles. The van der Waals surface area contributed by atoms with Crippen LogP contribution in [0.5, 0.6) is 11.5 Å². The molecule has 0 bridgehead atoms. The predicted octanol–water partition coefficient (Wildman–Crippen LogP) is 2.54. The van der Waals surface area contributed by atoms with Crippen LogP contribution in [0.15, 0.2) is 40.8 Å². The van der Waals surface area contributed by atoms with Crippen molar-refractivity contribution >= 4 is 23.5 Å². The Morgan fingerprint density at radius 2 is 2.15 bits per heavy atom. The molecule has 26 heavy (non-hydrogen) atoms. The van der Waals surface area contributed by atoms with Gasteiger partial charge in [-0.1, -0.05) is 17.8 Å². The smallest absolute Gasteiger partial charge is 0.257 e. The molecule has 1 aliphatic heterocycles. The Kier molecular flexibility index (Phi) is 5.32. The number of nitrogens with zero attached hydrogens (tertiary/aromatic N) is 1. The van der Waals surface area contributed by atoms with Gasteiger partial charge in [-0.05, 0) is 18.2 Å². The van der Waals surface area contributed by atoms with E-state index in [0.29, 0.717) is 33.5 Å². The summed E-state index contributed by atoms with van der Waals surface area (Å²) >= 11 is 1.34. The van der Waals surface area contributed by atoms with Gasteiger partial charge in [0.2, 0.25) is 5.91 Å². The van der Waals surface area contributed by atoms with Crippen molar-refractivity contribution in [2.24, 2.45) is 0 Å². The number of carbonyl (C=O) groups excluding carboxylic acids is 1. The number of ether oxygens (including phenoxy) is 2. The standard InChI is InChI=1S/C18H19N3O4S/c1-4-7-26-18-20-16-15(17(23)21-18)12(9-14(22)19-16)11-8-10(24-2)5-6-13(11)25-3/h4-6,8,12H,1,7,9H2,2-3H3,(H2,19,20,21,22,23)/t12-/m1/s1. The van der Waals surface area contributed by atoms with E-state index in [9.17, 15) is 9.59 Å². The summed E-state index contributed by atoms with van der Waals surface area (Å²) in [5.41, 5.74) is 0.845. The number of nitrogens with one attached hydrogen (secondary N) is 2. The molecule has 7 nitrogen and oxygen atoms in total. The number of rotatable bonds is 6. The molecule has 1 aromatic heterocycles. The Labute approximate surface area is 154 Å². The number of benzene rings is 1. The molecule has 136 valence electrons. The normalized spacial score (nSPS) is 15.8. The summed E-state index contributed by atoms with van der Waals surface area (Å²) in [4.78, 5) is 32.1. The minimum absolute atomic E-state index is 0.125. The van der Waals surface area contributed by atoms with E-state index in [2.05, 4.69) is 21.9 Å². The zero-order chi connectivity index (χ0) is 18.7. The Morgan fingerprint density at radius 1 is 1.35 bits per heavy atom. The molecule has 1 aliphatic rings. The predicted molar refractivity (Wildman–Crippen MR) is 100 cm³/mol. The van der Waals surface area contributed by atoms with Crippen LogP contribution in [0.25, 0.3) is 0 Å². The van der Waals surface area contributed by atoms with Crippen LogP contribution >= 0.6 is 11.8 Å². The van der Waals surface area contributed by atoms with E-state index in [0.717, 1.165) is 0 Å². The maximum Gasteiger partial charge on any atom is 0.257 e. The van der Waals surface area contributed by atoms with Crippen LogP contribution in [0.1, 0.15) is 23.5 Å². The number of anilines is 1. The molecule has 2 heterocycles. The van der Waals surface area contributed by atoms with E-state index < -0.39 is 5.92 Å². The molecule has 1 atom stereocenters. The van der Waals surface area contributed by atoms with E-state index in [4.69, 9.17) is 9.47 Å². The van der Waals surface area contributed by atoms with Crippen molar-refractivity contribution in [2.75, 3.05) is 25.3 Å². The lowest BCUT2D eigenvalue weighted by Crippen LogP contribution is -2.31. The molecule has 8 heteroatoms. The number of hydrogen-bond acceptors (Lipinski definition) is 6. The zero-order valence-electron chi connectivity index (χ0n) is 14.5. The number of methoxy groups -OCH3 is 2. The number of aromatic amines is 1. The lowest BCUT2D eigenvalue weighted by atomic mass is 9.86. The molecule has 1 amide bonds. The van der Waals surface area contributed by atoms with Crippen LogP contribution in [-0.2, 0) is 4.79 Å². The number of aromatic nitrogens is 2. The van der Waals surface area contributed by atoms with Gasteiger partial charge in [0, 0.05) is 23.7 Å². The minimum Gasteiger partial charge on any atom is -0.497 e. The first kappa shape index (κ1) is 18.1. The summed E-state index contributed by atoms with van der Waals surface area (Å²) in [7, 11) is 3.11. The number of H-pyrrole nitrogens is 1. The van der Waals surface area contributed by atoms with Crippen molar-refractivity contribution in [3.63, 3.8) is 0 Å². The second-order valence-electron chi connectivity index (χ2n) is 5.65. The minimum atomic E-state index is -0.474. The van der Waals surface area contributed by atoms with Crippen LogP contribution in [0.3, 0.4) is 0 Å². The summed E-state index contributed by atoms with van der Waals surface area (Å²) in [6, 6.07) is 5.31. The maximum atomic E-state index is 12.7. The molecule has 2 N–H and O–H groups in total. The number of carbonyl (C=O) groups is 1. The van der Waals surface area contributed by atoms with Crippen LogP contribution in [0, 0.1) is 0 Å². The molecule has 0 fully saturated rings. The first-order valence-corrected chi connectivity index (χ1v) is 8.95. The molecule has 0 unspecified atom stereocenters. The highest BCUT2D eigenvalue weighted by Gasteiger charge is 2.33. The summed E-state index contributed by atoms with van der Waals surface area (Å²) in [6.07, 6.45) is 1.84. The largest absolute Gasteiger partial charge is 0.497 e. The zero-order valence-corrected chi connectivity index (χ0v) is 15.3. The van der Waals surface area contributed by atoms with Gasteiger partial charge in [0.05, 0.1) is 19.8 Å². The third kappa shape index (κ3) is 3.45. The number of thioether (sulfide) groups is 1. The summed E-state index contributed by atoms with van der Waals surface area (Å²) in [6.45, 7) is 3.65. The molecule has 0 spiro atoms. The number of amides is 1. The van der Waals surface area contributed by atoms with Crippen molar-refractivity contribution in [2.45, 2.75) is 17.5 Å². The van der Waals surface area contributed by atoms with Crippen molar-refractivity contribution in [3.05, 3.63) is 52.3 Å². The molecule has 0 saturated carbocycles. The average molecular weight is 373 g/mol. The van der Waals surface area contributed by atoms with Crippen molar-refractivity contribution in [1.82, 2.24) is 9.97 Å². The van der Waals surface area contributed by atoms with Crippen molar-refractivity contribution < 1.29 is 14.3 Å². The molecule has 2 aromatic rings. The topological polar surface area (TPSA) is 93.3 Å². The fourth-order valence-electron chi connectivity index (χ4n) is 2.93. The first-order chi connectivity index (χ1) is 12.6. The van der Waals surface area contributed by atoms with Crippen molar-refractivity contribution in [1.29, 1.82) is 0 Å². The van der Waals surface area contributed by atoms with E-state index in [1.54, 1.807) is 38.5 Å².